The Hall–Kier alpha value is -0.740. The molecule has 0 saturated carbocycles. The molecule has 0 fully saturated rings. The number of ether oxygens (including phenoxy) is 2. The molecule has 1 aromatic carbocycles. The lowest BCUT2D eigenvalue weighted by Crippen LogP contribution is -2.11. The van der Waals surface area contributed by atoms with E-state index in [0.29, 0.717) is 12.5 Å². The topological polar surface area (TPSA) is 30.5 Å². The standard InChI is InChI=1S/C16H26BrNO2/c1-5-7-12(3)11-20-16-14(17)8-13(10-18-4)9-15(16)19-6-2/h8-9,12,18H,5-7,10-11H2,1-4H3. The molecule has 0 aliphatic carbocycles. The Morgan fingerprint density at radius 3 is 2.60 bits per heavy atom. The smallest absolute Gasteiger partial charge is 0.175 e. The van der Waals surface area contributed by atoms with E-state index in [0.717, 1.165) is 29.1 Å². The molecule has 0 aliphatic rings. The van der Waals surface area contributed by atoms with E-state index in [2.05, 4.69) is 41.2 Å². The molecule has 114 valence electrons. The van der Waals surface area contributed by atoms with Crippen LogP contribution in [0.2, 0.25) is 0 Å². The largest absolute Gasteiger partial charge is 0.490 e. The van der Waals surface area contributed by atoms with E-state index >= 15 is 0 Å². The van der Waals surface area contributed by atoms with E-state index in [-0.39, 0.29) is 0 Å². The third-order valence-electron chi connectivity index (χ3n) is 3.04. The van der Waals surface area contributed by atoms with E-state index < -0.39 is 0 Å². The van der Waals surface area contributed by atoms with Crippen molar-refractivity contribution in [2.24, 2.45) is 5.92 Å². The predicted octanol–water partition coefficient (Wildman–Crippen LogP) is 4.38. The van der Waals surface area contributed by atoms with Crippen LogP contribution in [0.25, 0.3) is 0 Å². The van der Waals surface area contributed by atoms with Crippen molar-refractivity contribution >= 4 is 15.9 Å². The first-order chi connectivity index (χ1) is 9.62. The third-order valence-corrected chi connectivity index (χ3v) is 3.63. The van der Waals surface area contributed by atoms with Gasteiger partial charge < -0.3 is 14.8 Å². The van der Waals surface area contributed by atoms with Crippen LogP contribution < -0.4 is 14.8 Å². The summed E-state index contributed by atoms with van der Waals surface area (Å²) in [6.45, 7) is 8.57. The van der Waals surface area contributed by atoms with Crippen molar-refractivity contribution in [2.75, 3.05) is 20.3 Å². The second-order valence-electron chi connectivity index (χ2n) is 5.07. The van der Waals surface area contributed by atoms with Crippen LogP contribution in [-0.2, 0) is 6.54 Å². The molecule has 0 spiro atoms. The molecule has 20 heavy (non-hydrogen) atoms. The molecule has 1 aromatic rings. The Kier molecular flexibility index (Phi) is 8.00. The molecule has 0 aromatic heterocycles. The van der Waals surface area contributed by atoms with Crippen LogP contribution in [0, 0.1) is 5.92 Å². The first-order valence-electron chi connectivity index (χ1n) is 7.34. The van der Waals surface area contributed by atoms with Crippen LogP contribution in [0.4, 0.5) is 0 Å². The van der Waals surface area contributed by atoms with Gasteiger partial charge in [0.25, 0.3) is 0 Å². The summed E-state index contributed by atoms with van der Waals surface area (Å²) < 4.78 is 12.6. The summed E-state index contributed by atoms with van der Waals surface area (Å²) in [6, 6.07) is 4.13. The Bertz CT molecular complexity index is 410. The van der Waals surface area contributed by atoms with Crippen molar-refractivity contribution in [3.63, 3.8) is 0 Å². The number of nitrogens with one attached hydrogen (secondary N) is 1. The van der Waals surface area contributed by atoms with Gasteiger partial charge in [-0.2, -0.15) is 0 Å². The quantitative estimate of drug-likeness (QED) is 0.721. The van der Waals surface area contributed by atoms with Crippen LogP contribution in [0.1, 0.15) is 39.2 Å². The third kappa shape index (κ3) is 5.33. The lowest BCUT2D eigenvalue weighted by Gasteiger charge is -2.17. The minimum absolute atomic E-state index is 0.554. The SMILES string of the molecule is CCCC(C)COc1c(Br)cc(CNC)cc1OCC. The molecule has 4 heteroatoms. The fourth-order valence-electron chi connectivity index (χ4n) is 2.13. The van der Waals surface area contributed by atoms with Gasteiger partial charge >= 0.3 is 0 Å². The average molecular weight is 344 g/mol. The number of hydrogen-bond donors (Lipinski definition) is 1. The molecule has 1 rings (SSSR count). The fourth-order valence-corrected chi connectivity index (χ4v) is 2.74. The maximum absolute atomic E-state index is 5.98. The summed E-state index contributed by atoms with van der Waals surface area (Å²) >= 11 is 3.59. The lowest BCUT2D eigenvalue weighted by atomic mass is 10.1. The van der Waals surface area contributed by atoms with Crippen LogP contribution in [0.15, 0.2) is 16.6 Å². The molecule has 3 nitrogen and oxygen atoms in total. The van der Waals surface area contributed by atoms with E-state index in [1.54, 1.807) is 0 Å². The van der Waals surface area contributed by atoms with Crippen LogP contribution in [-0.4, -0.2) is 20.3 Å². The van der Waals surface area contributed by atoms with E-state index in [9.17, 15) is 0 Å². The second-order valence-corrected chi connectivity index (χ2v) is 5.93. The maximum Gasteiger partial charge on any atom is 0.175 e. The van der Waals surface area contributed by atoms with Gasteiger partial charge in [-0.15, -0.1) is 0 Å². The van der Waals surface area contributed by atoms with Crippen molar-refractivity contribution in [3.8, 4) is 11.5 Å². The van der Waals surface area contributed by atoms with Gasteiger partial charge in [-0.25, -0.2) is 0 Å². The molecule has 1 atom stereocenters. The molecular weight excluding hydrogens is 318 g/mol. The lowest BCUT2D eigenvalue weighted by molar-refractivity contribution is 0.232. The van der Waals surface area contributed by atoms with Crippen LogP contribution in [0.3, 0.4) is 0 Å². The first-order valence-corrected chi connectivity index (χ1v) is 8.14. The van der Waals surface area contributed by atoms with Gasteiger partial charge in [0.2, 0.25) is 0 Å². The zero-order valence-electron chi connectivity index (χ0n) is 13.0. The first kappa shape index (κ1) is 17.3. The minimum Gasteiger partial charge on any atom is -0.490 e. The highest BCUT2D eigenvalue weighted by Crippen LogP contribution is 2.37. The highest BCUT2D eigenvalue weighted by molar-refractivity contribution is 9.10. The van der Waals surface area contributed by atoms with Crippen molar-refractivity contribution in [1.29, 1.82) is 0 Å². The Labute approximate surface area is 131 Å². The summed E-state index contributed by atoms with van der Waals surface area (Å²) in [5.41, 5.74) is 1.18. The molecule has 0 radical (unpaired) electrons. The minimum atomic E-state index is 0.554. The van der Waals surface area contributed by atoms with Crippen molar-refractivity contribution in [2.45, 2.75) is 40.2 Å². The summed E-state index contributed by atoms with van der Waals surface area (Å²) in [7, 11) is 1.94. The van der Waals surface area contributed by atoms with Crippen LogP contribution in [0.5, 0.6) is 11.5 Å². The van der Waals surface area contributed by atoms with Crippen molar-refractivity contribution in [3.05, 3.63) is 22.2 Å². The summed E-state index contributed by atoms with van der Waals surface area (Å²) in [6.07, 6.45) is 2.37. The Morgan fingerprint density at radius 1 is 1.25 bits per heavy atom. The van der Waals surface area contributed by atoms with E-state index in [1.807, 2.05) is 20.0 Å². The zero-order valence-corrected chi connectivity index (χ0v) is 14.5. The number of benzene rings is 1. The highest BCUT2D eigenvalue weighted by atomic mass is 79.9. The van der Waals surface area contributed by atoms with E-state index in [1.165, 1.54) is 18.4 Å². The molecule has 1 unspecified atom stereocenters. The molecule has 0 aliphatic heterocycles. The maximum atomic E-state index is 5.98. The van der Waals surface area contributed by atoms with Gasteiger partial charge in [0.1, 0.15) is 0 Å². The average Bonchev–Trinajstić information content (AvgIpc) is 2.39. The highest BCUT2D eigenvalue weighted by Gasteiger charge is 2.13. The van der Waals surface area contributed by atoms with Gasteiger partial charge in [-0.1, -0.05) is 20.3 Å². The molecular formula is C16H26BrNO2. The van der Waals surface area contributed by atoms with Gasteiger partial charge in [-0.3, -0.25) is 0 Å². The fraction of sp³-hybridized carbons (Fsp3) is 0.625. The van der Waals surface area contributed by atoms with Gasteiger partial charge in [-0.05, 0) is 59.9 Å². The molecule has 0 amide bonds. The van der Waals surface area contributed by atoms with E-state index in [4.69, 9.17) is 9.47 Å². The number of halogens is 1. The van der Waals surface area contributed by atoms with Gasteiger partial charge in [0, 0.05) is 6.54 Å². The number of hydrogen-bond acceptors (Lipinski definition) is 3. The normalized spacial score (nSPS) is 12.2. The zero-order chi connectivity index (χ0) is 15.0. The van der Waals surface area contributed by atoms with Gasteiger partial charge in [0.15, 0.2) is 11.5 Å². The number of rotatable bonds is 9. The molecule has 0 bridgehead atoms. The molecule has 1 N–H and O–H groups in total. The van der Waals surface area contributed by atoms with Gasteiger partial charge in [0.05, 0.1) is 17.7 Å². The van der Waals surface area contributed by atoms with Crippen molar-refractivity contribution < 1.29 is 9.47 Å². The monoisotopic (exact) mass is 343 g/mol. The molecule has 0 heterocycles. The summed E-state index contributed by atoms with van der Waals surface area (Å²) in [4.78, 5) is 0. The Morgan fingerprint density at radius 2 is 2.00 bits per heavy atom. The second kappa shape index (κ2) is 9.24. The Balaban J connectivity index is 2.86. The summed E-state index contributed by atoms with van der Waals surface area (Å²) in [5, 5.41) is 3.15. The van der Waals surface area contributed by atoms with Crippen LogP contribution >= 0.6 is 15.9 Å². The molecule has 0 saturated heterocycles. The van der Waals surface area contributed by atoms with Crippen molar-refractivity contribution in [1.82, 2.24) is 5.32 Å². The summed E-state index contributed by atoms with van der Waals surface area (Å²) in [5.74, 6) is 2.18. The predicted molar refractivity (Wildman–Crippen MR) is 87.6 cm³/mol.